The van der Waals surface area contributed by atoms with Crippen LogP contribution in [0.3, 0.4) is 0 Å². The van der Waals surface area contributed by atoms with Gasteiger partial charge in [0.1, 0.15) is 6.26 Å². The largest absolute Gasteiger partial charge is 0.454 e. The maximum Gasteiger partial charge on any atom is 0.273 e. The second kappa shape index (κ2) is 10.7. The third-order valence-corrected chi connectivity index (χ3v) is 6.12. The standard InChI is InChI=1S/C29H29N3O4/c1-20-7-6-8-22(13-20)15-32(16-23-11-12-26-27(14-23)36-19-35-26)17-28-31-25(18-34-28)29(33)30-21(2)24-9-4-3-5-10-24/h3-14,18,21H,15-17,19H2,1-2H3,(H,30,33). The predicted octanol–water partition coefficient (Wildman–Crippen LogP) is 5.41. The third kappa shape index (κ3) is 5.75. The van der Waals surface area contributed by atoms with Crippen molar-refractivity contribution in [2.24, 2.45) is 0 Å². The lowest BCUT2D eigenvalue weighted by Gasteiger charge is -2.21. The van der Waals surface area contributed by atoms with Crippen molar-refractivity contribution in [2.75, 3.05) is 6.79 Å². The van der Waals surface area contributed by atoms with Crippen molar-refractivity contribution >= 4 is 5.91 Å². The molecular weight excluding hydrogens is 454 g/mol. The van der Waals surface area contributed by atoms with Crippen molar-refractivity contribution in [2.45, 2.75) is 39.5 Å². The highest BCUT2D eigenvalue weighted by atomic mass is 16.7. The molecule has 7 heteroatoms. The van der Waals surface area contributed by atoms with Crippen molar-refractivity contribution in [1.82, 2.24) is 15.2 Å². The average molecular weight is 484 g/mol. The summed E-state index contributed by atoms with van der Waals surface area (Å²) in [6.45, 7) is 6.08. The molecule has 1 atom stereocenters. The Labute approximate surface area is 210 Å². The molecule has 0 saturated carbocycles. The lowest BCUT2D eigenvalue weighted by atomic mass is 10.1. The fraction of sp³-hybridized carbons (Fsp3) is 0.241. The maximum absolute atomic E-state index is 12.8. The van der Waals surface area contributed by atoms with Crippen LogP contribution in [0.25, 0.3) is 0 Å². The van der Waals surface area contributed by atoms with E-state index < -0.39 is 0 Å². The first-order chi connectivity index (χ1) is 17.5. The van der Waals surface area contributed by atoms with Gasteiger partial charge in [-0.15, -0.1) is 0 Å². The molecule has 0 saturated heterocycles. The Balaban J connectivity index is 1.30. The molecule has 7 nitrogen and oxygen atoms in total. The minimum Gasteiger partial charge on any atom is -0.454 e. The van der Waals surface area contributed by atoms with Crippen LogP contribution in [0, 0.1) is 6.92 Å². The zero-order valence-electron chi connectivity index (χ0n) is 20.4. The molecule has 1 N–H and O–H groups in total. The molecule has 1 unspecified atom stereocenters. The minimum absolute atomic E-state index is 0.136. The summed E-state index contributed by atoms with van der Waals surface area (Å²) < 4.78 is 16.7. The Kier molecular flexibility index (Phi) is 7.00. The molecule has 2 heterocycles. The Morgan fingerprint density at radius 1 is 0.944 bits per heavy atom. The molecule has 0 bridgehead atoms. The summed E-state index contributed by atoms with van der Waals surface area (Å²) in [6, 6.07) is 24.1. The maximum atomic E-state index is 12.8. The molecule has 4 aromatic rings. The van der Waals surface area contributed by atoms with Gasteiger partial charge >= 0.3 is 0 Å². The number of amides is 1. The lowest BCUT2D eigenvalue weighted by Crippen LogP contribution is -2.27. The number of rotatable bonds is 9. The molecular formula is C29H29N3O4. The van der Waals surface area contributed by atoms with Gasteiger partial charge in [0.25, 0.3) is 5.91 Å². The molecule has 0 fully saturated rings. The van der Waals surface area contributed by atoms with E-state index in [9.17, 15) is 4.79 Å². The van der Waals surface area contributed by atoms with E-state index in [0.717, 1.165) is 22.6 Å². The molecule has 1 aliphatic heterocycles. The van der Waals surface area contributed by atoms with Gasteiger partial charge in [-0.25, -0.2) is 4.98 Å². The number of oxazole rings is 1. The third-order valence-electron chi connectivity index (χ3n) is 6.12. The highest BCUT2D eigenvalue weighted by Crippen LogP contribution is 2.33. The summed E-state index contributed by atoms with van der Waals surface area (Å²) in [7, 11) is 0. The number of ether oxygens (including phenoxy) is 2. The second-order valence-corrected chi connectivity index (χ2v) is 9.05. The van der Waals surface area contributed by atoms with Crippen molar-refractivity contribution in [3.05, 3.63) is 113 Å². The first-order valence-electron chi connectivity index (χ1n) is 12.0. The Bertz CT molecular complexity index is 1340. The number of nitrogens with zero attached hydrogens (tertiary/aromatic N) is 2. The van der Waals surface area contributed by atoms with Gasteiger partial charge in [-0.2, -0.15) is 0 Å². The highest BCUT2D eigenvalue weighted by molar-refractivity contribution is 5.92. The van der Waals surface area contributed by atoms with Crippen molar-refractivity contribution in [3.63, 3.8) is 0 Å². The SMILES string of the molecule is Cc1cccc(CN(Cc2ccc3c(c2)OCO3)Cc2nc(C(=O)NC(C)c3ccccc3)co2)c1. The van der Waals surface area contributed by atoms with E-state index >= 15 is 0 Å². The normalized spacial score (nSPS) is 13.1. The van der Waals surface area contributed by atoms with Gasteiger partial charge in [-0.1, -0.05) is 66.2 Å². The number of fused-ring (bicyclic) bond motifs is 1. The van der Waals surface area contributed by atoms with E-state index in [2.05, 4.69) is 46.4 Å². The van der Waals surface area contributed by atoms with E-state index in [1.165, 1.54) is 17.4 Å². The second-order valence-electron chi connectivity index (χ2n) is 9.05. The van der Waals surface area contributed by atoms with Crippen LogP contribution >= 0.6 is 0 Å². The molecule has 3 aromatic carbocycles. The van der Waals surface area contributed by atoms with Gasteiger partial charge in [-0.05, 0) is 42.7 Å². The summed E-state index contributed by atoms with van der Waals surface area (Å²) in [5.74, 6) is 1.74. The number of hydrogen-bond donors (Lipinski definition) is 1. The first kappa shape index (κ1) is 23.6. The monoisotopic (exact) mass is 483 g/mol. The van der Waals surface area contributed by atoms with Gasteiger partial charge in [-0.3, -0.25) is 9.69 Å². The average Bonchev–Trinajstić information content (AvgIpc) is 3.54. The molecule has 5 rings (SSSR count). The van der Waals surface area contributed by atoms with Crippen molar-refractivity contribution in [1.29, 1.82) is 0 Å². The summed E-state index contributed by atoms with van der Waals surface area (Å²) in [6.07, 6.45) is 1.42. The summed E-state index contributed by atoms with van der Waals surface area (Å²) in [5.41, 5.74) is 4.79. The van der Waals surface area contributed by atoms with Gasteiger partial charge in [0.05, 0.1) is 12.6 Å². The van der Waals surface area contributed by atoms with Crippen LogP contribution in [0.5, 0.6) is 11.5 Å². The molecule has 1 aliphatic rings. The number of hydrogen-bond acceptors (Lipinski definition) is 6. The Morgan fingerprint density at radius 2 is 1.72 bits per heavy atom. The first-order valence-corrected chi connectivity index (χ1v) is 12.0. The minimum atomic E-state index is -0.262. The number of carbonyl (C=O) groups excluding carboxylic acids is 1. The van der Waals surface area contributed by atoms with Gasteiger partial charge in [0.2, 0.25) is 12.7 Å². The molecule has 0 radical (unpaired) electrons. The number of benzene rings is 3. The quantitative estimate of drug-likeness (QED) is 0.343. The highest BCUT2D eigenvalue weighted by Gasteiger charge is 2.19. The van der Waals surface area contributed by atoms with Gasteiger partial charge in [0.15, 0.2) is 17.2 Å². The predicted molar refractivity (Wildman–Crippen MR) is 136 cm³/mol. The van der Waals surface area contributed by atoms with E-state index in [1.807, 2.05) is 55.5 Å². The lowest BCUT2D eigenvalue weighted by molar-refractivity contribution is 0.0934. The number of carbonyl (C=O) groups is 1. The zero-order valence-corrected chi connectivity index (χ0v) is 20.4. The van der Waals surface area contributed by atoms with E-state index in [0.29, 0.717) is 25.5 Å². The summed E-state index contributed by atoms with van der Waals surface area (Å²) in [5, 5.41) is 2.99. The number of nitrogens with one attached hydrogen (secondary N) is 1. The molecule has 1 amide bonds. The van der Waals surface area contributed by atoms with Crippen LogP contribution in [0.4, 0.5) is 0 Å². The van der Waals surface area contributed by atoms with Crippen LogP contribution in [-0.2, 0) is 19.6 Å². The zero-order chi connectivity index (χ0) is 24.9. The van der Waals surface area contributed by atoms with Gasteiger partial charge < -0.3 is 19.2 Å². The molecule has 0 aliphatic carbocycles. The Morgan fingerprint density at radius 3 is 2.53 bits per heavy atom. The van der Waals surface area contributed by atoms with Crippen molar-refractivity contribution < 1.29 is 18.7 Å². The van der Waals surface area contributed by atoms with Crippen LogP contribution in [0.2, 0.25) is 0 Å². The molecule has 0 spiro atoms. The smallest absolute Gasteiger partial charge is 0.273 e. The van der Waals surface area contributed by atoms with Crippen LogP contribution in [-0.4, -0.2) is 22.6 Å². The van der Waals surface area contributed by atoms with E-state index in [4.69, 9.17) is 13.9 Å². The van der Waals surface area contributed by atoms with E-state index in [1.54, 1.807) is 0 Å². The number of aromatic nitrogens is 1. The topological polar surface area (TPSA) is 76.8 Å². The van der Waals surface area contributed by atoms with Crippen LogP contribution in [0.1, 0.15) is 51.6 Å². The Hall–Kier alpha value is -4.10. The summed E-state index contributed by atoms with van der Waals surface area (Å²) >= 11 is 0. The molecule has 1 aromatic heterocycles. The van der Waals surface area contributed by atoms with Crippen molar-refractivity contribution in [3.8, 4) is 11.5 Å². The summed E-state index contributed by atoms with van der Waals surface area (Å²) in [4.78, 5) is 19.5. The fourth-order valence-electron chi connectivity index (χ4n) is 4.31. The fourth-order valence-corrected chi connectivity index (χ4v) is 4.31. The van der Waals surface area contributed by atoms with E-state index in [-0.39, 0.29) is 24.4 Å². The molecule has 184 valence electrons. The van der Waals surface area contributed by atoms with Gasteiger partial charge in [0, 0.05) is 13.1 Å². The van der Waals surface area contributed by atoms with Crippen LogP contribution < -0.4 is 14.8 Å². The number of aryl methyl sites for hydroxylation is 1. The molecule has 36 heavy (non-hydrogen) atoms. The van der Waals surface area contributed by atoms with Crippen LogP contribution in [0.15, 0.2) is 83.5 Å².